The minimum absolute atomic E-state index is 0.0183. The number of carbonyl (C=O) groups is 1. The minimum Gasteiger partial charge on any atom is -0.504 e. The van der Waals surface area contributed by atoms with Crippen molar-refractivity contribution < 1.29 is 59.0 Å². The van der Waals surface area contributed by atoms with Crippen molar-refractivity contribution in [2.75, 3.05) is 20.8 Å². The number of aliphatic hydroxyl groups is 3. The third kappa shape index (κ3) is 4.79. The lowest BCUT2D eigenvalue weighted by molar-refractivity contribution is -0.381. The minimum atomic E-state index is -1.84. The predicted molar refractivity (Wildman–Crippen MR) is 116 cm³/mol. The number of carboxylic acids is 1. The van der Waals surface area contributed by atoms with Crippen molar-refractivity contribution in [3.8, 4) is 28.7 Å². The number of ether oxygens (including phenoxy) is 4. The molecular formula is C23H26O12. The van der Waals surface area contributed by atoms with E-state index in [9.17, 15) is 25.2 Å². The quantitative estimate of drug-likeness (QED) is 0.264. The number of rotatable bonds is 7. The van der Waals surface area contributed by atoms with E-state index in [1.807, 2.05) is 0 Å². The number of methoxy groups -OCH3 is 2. The summed E-state index contributed by atoms with van der Waals surface area (Å²) in [5.74, 6) is -0.379. The normalized spacial score (nSPS) is 27.9. The van der Waals surface area contributed by atoms with E-state index in [4.69, 9.17) is 33.8 Å². The number of benzene rings is 2. The summed E-state index contributed by atoms with van der Waals surface area (Å²) in [6.07, 6.45) is -8.31. The van der Waals surface area contributed by atoms with Crippen LogP contribution >= 0.6 is 0 Å². The van der Waals surface area contributed by atoms with Gasteiger partial charge in [0.05, 0.1) is 20.8 Å². The Labute approximate surface area is 199 Å². The Hall–Kier alpha value is -3.29. The van der Waals surface area contributed by atoms with E-state index in [1.165, 1.54) is 20.3 Å². The molecular weight excluding hydrogens is 468 g/mol. The lowest BCUT2D eigenvalue weighted by atomic mass is 9.89. The molecule has 0 radical (unpaired) electrons. The van der Waals surface area contributed by atoms with Crippen LogP contribution in [0.4, 0.5) is 0 Å². The topological polar surface area (TPSA) is 174 Å². The van der Waals surface area contributed by atoms with Gasteiger partial charge in [0.15, 0.2) is 23.4 Å². The van der Waals surface area contributed by atoms with Crippen LogP contribution in [0.3, 0.4) is 0 Å². The average molecular weight is 494 g/mol. The predicted octanol–water partition coefficient (Wildman–Crippen LogP) is 0.331. The molecule has 12 nitrogen and oxygen atoms in total. The van der Waals surface area contributed by atoms with E-state index in [0.717, 1.165) is 5.56 Å². The first-order chi connectivity index (χ1) is 16.7. The molecule has 2 aromatic carbocycles. The Kier molecular flexibility index (Phi) is 7.19. The summed E-state index contributed by atoms with van der Waals surface area (Å²) < 4.78 is 21.3. The molecule has 0 spiro atoms. The van der Waals surface area contributed by atoms with Crippen molar-refractivity contribution in [1.29, 1.82) is 0 Å². The van der Waals surface area contributed by atoms with Crippen LogP contribution in [0.1, 0.15) is 17.0 Å². The maximum atomic E-state index is 11.2. The maximum Gasteiger partial charge on any atom is 0.335 e. The smallest absolute Gasteiger partial charge is 0.335 e. The molecule has 190 valence electrons. The van der Waals surface area contributed by atoms with E-state index in [2.05, 4.69) is 0 Å². The van der Waals surface area contributed by atoms with Gasteiger partial charge in [-0.3, -0.25) is 0 Å². The number of carboxylic acid groups (broad SMARTS) is 1. The summed E-state index contributed by atoms with van der Waals surface area (Å²) in [5, 5.41) is 49.4. The number of hydrogen-bond donors (Lipinski definition) is 5. The fourth-order valence-electron chi connectivity index (χ4n) is 4.09. The van der Waals surface area contributed by atoms with Crippen molar-refractivity contribution in [3.63, 3.8) is 0 Å². The largest absolute Gasteiger partial charge is 0.504 e. The monoisotopic (exact) mass is 494 g/mol. The van der Waals surface area contributed by atoms with E-state index >= 15 is 0 Å². The summed E-state index contributed by atoms with van der Waals surface area (Å²) in [5.41, 5.74) is 1.48. The van der Waals surface area contributed by atoms with Gasteiger partial charge in [-0.1, -0.05) is 12.1 Å². The molecule has 35 heavy (non-hydrogen) atoms. The second kappa shape index (κ2) is 10.1. The summed E-state index contributed by atoms with van der Waals surface area (Å²) in [7, 11) is 2.93. The number of aromatic hydroxyl groups is 1. The molecule has 12 heteroatoms. The van der Waals surface area contributed by atoms with Crippen molar-refractivity contribution in [3.05, 3.63) is 41.5 Å². The zero-order chi connectivity index (χ0) is 25.3. The van der Waals surface area contributed by atoms with Crippen molar-refractivity contribution >= 4 is 5.97 Å². The first-order valence-corrected chi connectivity index (χ1v) is 10.7. The second-order valence-electron chi connectivity index (χ2n) is 8.14. The van der Waals surface area contributed by atoms with Crippen LogP contribution < -0.4 is 19.1 Å². The Bertz CT molecular complexity index is 1070. The lowest BCUT2D eigenvalue weighted by Gasteiger charge is -2.37. The van der Waals surface area contributed by atoms with Crippen LogP contribution in [0.5, 0.6) is 28.7 Å². The first kappa shape index (κ1) is 24.8. The zero-order valence-corrected chi connectivity index (χ0v) is 18.9. The molecule has 5 N–H and O–H groups in total. The molecule has 0 saturated carbocycles. The molecule has 0 bridgehead atoms. The second-order valence-corrected chi connectivity index (χ2v) is 8.14. The summed E-state index contributed by atoms with van der Waals surface area (Å²) in [6.45, 7) is 0.259. The number of fused-ring (bicyclic) bond motifs is 1. The van der Waals surface area contributed by atoms with E-state index in [0.29, 0.717) is 23.5 Å². The molecule has 2 aromatic rings. The van der Waals surface area contributed by atoms with Gasteiger partial charge in [-0.25, -0.2) is 4.79 Å². The summed E-state index contributed by atoms with van der Waals surface area (Å²) in [6, 6.07) is 8.30. The Morgan fingerprint density at radius 1 is 1.03 bits per heavy atom. The first-order valence-electron chi connectivity index (χ1n) is 10.7. The number of aliphatic carboxylic acids is 1. The fourth-order valence-corrected chi connectivity index (χ4v) is 4.09. The van der Waals surface area contributed by atoms with Gasteiger partial charge in [0.25, 0.3) is 0 Å². The highest BCUT2D eigenvalue weighted by atomic mass is 17.2. The van der Waals surface area contributed by atoms with E-state index in [1.54, 1.807) is 24.3 Å². The lowest BCUT2D eigenvalue weighted by Crippen LogP contribution is -2.60. The molecule has 2 aliphatic rings. The summed E-state index contributed by atoms with van der Waals surface area (Å²) >= 11 is 0. The molecule has 1 saturated heterocycles. The molecule has 0 aliphatic carbocycles. The highest BCUT2D eigenvalue weighted by Crippen LogP contribution is 2.44. The van der Waals surface area contributed by atoms with Crippen LogP contribution in [0, 0.1) is 0 Å². The molecule has 1 fully saturated rings. The van der Waals surface area contributed by atoms with Crippen LogP contribution in [0.15, 0.2) is 30.3 Å². The van der Waals surface area contributed by atoms with Crippen molar-refractivity contribution in [2.24, 2.45) is 0 Å². The third-order valence-corrected chi connectivity index (χ3v) is 5.99. The highest BCUT2D eigenvalue weighted by molar-refractivity contribution is 5.73. The SMILES string of the molecule is COc1ccc(C2COc3cc(OO[C@@H]4O[C@H](C(=O)O)[C@@H](O)[C@H](O)[C@H]4O)ccc3C2)c(O)c1OC. The molecule has 1 unspecified atom stereocenters. The number of hydrogen-bond acceptors (Lipinski definition) is 11. The number of phenolic OH excluding ortho intramolecular Hbond substituents is 1. The molecule has 4 rings (SSSR count). The molecule has 0 aromatic heterocycles. The van der Waals surface area contributed by atoms with Gasteiger partial charge in [0.2, 0.25) is 12.0 Å². The van der Waals surface area contributed by atoms with Gasteiger partial charge in [0, 0.05) is 17.5 Å². The number of aliphatic hydroxyl groups excluding tert-OH is 3. The van der Waals surface area contributed by atoms with E-state index < -0.39 is 36.7 Å². The molecule has 2 heterocycles. The summed E-state index contributed by atoms with van der Waals surface area (Å²) in [4.78, 5) is 21.4. The standard InChI is InChI=1S/C23H26O12/c1-30-14-6-5-13(16(24)20(14)31-2)11-7-10-3-4-12(8-15(10)32-9-11)34-35-23-19(27)17(25)18(26)21(33-23)22(28)29/h3-6,8,11,17-19,21,23-27H,7,9H2,1-2H3,(H,28,29)/t11?,17-,18-,19+,21-,23-/m0/s1. The third-order valence-electron chi connectivity index (χ3n) is 5.99. The molecule has 2 aliphatic heterocycles. The van der Waals surface area contributed by atoms with Gasteiger partial charge < -0.3 is 49.4 Å². The highest BCUT2D eigenvalue weighted by Gasteiger charge is 2.48. The van der Waals surface area contributed by atoms with E-state index in [-0.39, 0.29) is 29.8 Å². The average Bonchev–Trinajstić information content (AvgIpc) is 2.86. The van der Waals surface area contributed by atoms with Crippen molar-refractivity contribution in [2.45, 2.75) is 43.0 Å². The Morgan fingerprint density at radius 2 is 1.80 bits per heavy atom. The molecule has 6 atom stereocenters. The maximum absolute atomic E-state index is 11.2. The van der Waals surface area contributed by atoms with Gasteiger partial charge in [-0.15, -0.1) is 0 Å². The van der Waals surface area contributed by atoms with Crippen LogP contribution in [0.2, 0.25) is 0 Å². The molecule has 0 amide bonds. The van der Waals surface area contributed by atoms with Crippen LogP contribution in [0.25, 0.3) is 0 Å². The zero-order valence-electron chi connectivity index (χ0n) is 18.9. The Balaban J connectivity index is 1.44. The van der Waals surface area contributed by atoms with Crippen LogP contribution in [-0.4, -0.2) is 83.0 Å². The van der Waals surface area contributed by atoms with Gasteiger partial charge in [-0.2, -0.15) is 4.89 Å². The fraction of sp³-hybridized carbons (Fsp3) is 0.435. The van der Waals surface area contributed by atoms with Gasteiger partial charge in [-0.05, 0) is 24.1 Å². The Morgan fingerprint density at radius 3 is 2.49 bits per heavy atom. The number of phenols is 1. The van der Waals surface area contributed by atoms with Crippen LogP contribution in [-0.2, 0) is 20.8 Å². The van der Waals surface area contributed by atoms with Crippen molar-refractivity contribution in [1.82, 2.24) is 0 Å². The van der Waals surface area contributed by atoms with Gasteiger partial charge >= 0.3 is 5.97 Å². The van der Waals surface area contributed by atoms with Gasteiger partial charge in [0.1, 0.15) is 24.1 Å².